The third kappa shape index (κ3) is 2.64. The van der Waals surface area contributed by atoms with E-state index in [0.717, 1.165) is 6.20 Å². The number of carboxylic acids is 1. The second-order valence-electron chi connectivity index (χ2n) is 3.60. The molecule has 0 unspecified atom stereocenters. The van der Waals surface area contributed by atoms with Crippen molar-refractivity contribution in [1.29, 1.82) is 0 Å². The van der Waals surface area contributed by atoms with Crippen LogP contribution in [0, 0.1) is 0 Å². The van der Waals surface area contributed by atoms with E-state index >= 15 is 0 Å². The lowest BCUT2D eigenvalue weighted by Gasteiger charge is -2.07. The van der Waals surface area contributed by atoms with Crippen LogP contribution in [0.15, 0.2) is 18.3 Å². The summed E-state index contributed by atoms with van der Waals surface area (Å²) in [6, 6.07) is 2.39. The van der Waals surface area contributed by atoms with E-state index in [4.69, 9.17) is 5.11 Å². The molecule has 0 aromatic carbocycles. The predicted octanol–water partition coefficient (Wildman–Crippen LogP) is 1.76. The van der Waals surface area contributed by atoms with Gasteiger partial charge in [-0.05, 0) is 12.1 Å². The van der Waals surface area contributed by atoms with Gasteiger partial charge in [0, 0.05) is 5.39 Å². The monoisotopic (exact) mass is 273 g/mol. The number of amides is 1. The molecule has 100 valence electrons. The first-order chi connectivity index (χ1) is 8.77. The highest BCUT2D eigenvalue weighted by Crippen LogP contribution is 2.21. The first-order valence-electron chi connectivity index (χ1n) is 4.87. The summed E-state index contributed by atoms with van der Waals surface area (Å²) in [6.45, 7) is 0. The van der Waals surface area contributed by atoms with Gasteiger partial charge in [-0.15, -0.1) is 0 Å². The van der Waals surface area contributed by atoms with Crippen LogP contribution in [0.3, 0.4) is 0 Å². The van der Waals surface area contributed by atoms with Crippen molar-refractivity contribution in [2.24, 2.45) is 0 Å². The van der Waals surface area contributed by atoms with E-state index in [9.17, 15) is 22.8 Å². The molecule has 19 heavy (non-hydrogen) atoms. The lowest BCUT2D eigenvalue weighted by Crippen LogP contribution is -2.29. The Morgan fingerprint density at radius 2 is 2.00 bits per heavy atom. The third-order valence-electron chi connectivity index (χ3n) is 2.22. The first kappa shape index (κ1) is 12.9. The minimum atomic E-state index is -5.00. The molecule has 2 rings (SSSR count). The van der Waals surface area contributed by atoms with E-state index in [2.05, 4.69) is 9.97 Å². The van der Waals surface area contributed by atoms with Crippen LogP contribution in [-0.4, -0.2) is 33.1 Å². The van der Waals surface area contributed by atoms with Gasteiger partial charge >= 0.3 is 18.1 Å². The second-order valence-corrected chi connectivity index (χ2v) is 3.60. The summed E-state index contributed by atoms with van der Waals surface area (Å²) in [7, 11) is 0. The van der Waals surface area contributed by atoms with E-state index < -0.39 is 18.1 Å². The molecule has 6 nitrogen and oxygen atoms in total. The van der Waals surface area contributed by atoms with Gasteiger partial charge in [0.2, 0.25) is 0 Å². The third-order valence-corrected chi connectivity index (χ3v) is 2.22. The van der Waals surface area contributed by atoms with Gasteiger partial charge in [-0.25, -0.2) is 9.78 Å². The molecule has 0 saturated carbocycles. The van der Waals surface area contributed by atoms with Crippen molar-refractivity contribution < 1.29 is 27.9 Å². The average Bonchev–Trinajstić information content (AvgIpc) is 2.70. The summed E-state index contributed by atoms with van der Waals surface area (Å²) in [6.07, 6.45) is -4.01. The van der Waals surface area contributed by atoms with E-state index in [1.54, 1.807) is 5.32 Å². The summed E-state index contributed by atoms with van der Waals surface area (Å²) >= 11 is 0. The van der Waals surface area contributed by atoms with Crippen molar-refractivity contribution >= 4 is 28.6 Å². The van der Waals surface area contributed by atoms with Gasteiger partial charge in [0.25, 0.3) is 0 Å². The van der Waals surface area contributed by atoms with Gasteiger partial charge in [0.15, 0.2) is 0 Å². The van der Waals surface area contributed by atoms with Gasteiger partial charge in [-0.3, -0.25) is 4.79 Å². The van der Waals surface area contributed by atoms with E-state index in [-0.39, 0.29) is 22.4 Å². The fourth-order valence-corrected chi connectivity index (χ4v) is 1.40. The minimum absolute atomic E-state index is 0.151. The highest BCUT2D eigenvalue weighted by molar-refractivity contribution is 5.97. The highest BCUT2D eigenvalue weighted by atomic mass is 19.4. The summed E-state index contributed by atoms with van der Waals surface area (Å²) in [5, 5.41) is 10.6. The number of aromatic carboxylic acids is 1. The molecular weight excluding hydrogens is 267 g/mol. The molecule has 9 heteroatoms. The number of carboxylic acid groups (broad SMARTS) is 1. The number of alkyl halides is 3. The minimum Gasteiger partial charge on any atom is -0.477 e. The lowest BCUT2D eigenvalue weighted by atomic mass is 10.3. The zero-order valence-corrected chi connectivity index (χ0v) is 9.08. The molecule has 0 atom stereocenters. The molecule has 0 aliphatic rings. The quantitative estimate of drug-likeness (QED) is 0.777. The first-order valence-corrected chi connectivity index (χ1v) is 4.87. The number of nitrogens with zero attached hydrogens (tertiary/aromatic N) is 1. The topological polar surface area (TPSA) is 95.1 Å². The average molecular weight is 273 g/mol. The van der Waals surface area contributed by atoms with Crippen molar-refractivity contribution in [3.05, 3.63) is 24.0 Å². The maximum absolute atomic E-state index is 12.0. The number of halogens is 3. The van der Waals surface area contributed by atoms with Crippen LogP contribution >= 0.6 is 0 Å². The number of hydrogen-bond donors (Lipinski definition) is 3. The zero-order valence-electron chi connectivity index (χ0n) is 9.08. The zero-order chi connectivity index (χ0) is 14.2. The van der Waals surface area contributed by atoms with Crippen LogP contribution in [-0.2, 0) is 4.79 Å². The molecule has 0 spiro atoms. The Kier molecular flexibility index (Phi) is 2.89. The van der Waals surface area contributed by atoms with Gasteiger partial charge in [0.1, 0.15) is 11.3 Å². The Hall–Kier alpha value is -2.58. The van der Waals surface area contributed by atoms with Crippen LogP contribution in [0.5, 0.6) is 0 Å². The maximum Gasteiger partial charge on any atom is 0.471 e. The molecule has 0 bridgehead atoms. The van der Waals surface area contributed by atoms with Gasteiger partial charge in [0.05, 0.1) is 11.9 Å². The number of hydrogen-bond acceptors (Lipinski definition) is 3. The molecule has 2 aromatic heterocycles. The molecule has 0 saturated heterocycles. The molecule has 2 aromatic rings. The number of fused-ring (bicyclic) bond motifs is 1. The lowest BCUT2D eigenvalue weighted by molar-refractivity contribution is -0.167. The predicted molar refractivity (Wildman–Crippen MR) is 57.7 cm³/mol. The molecule has 0 fully saturated rings. The largest absolute Gasteiger partial charge is 0.477 e. The standard InChI is InChI=1S/C10H6F3N3O3/c11-10(12,13)9(19)15-5-1-4-2-6(8(17)18)16-7(4)14-3-5/h1-3H,(H,14,16)(H,15,19)(H,17,18). The number of pyridine rings is 1. The number of anilines is 1. The summed E-state index contributed by atoms with van der Waals surface area (Å²) in [4.78, 5) is 27.6. The van der Waals surface area contributed by atoms with Crippen molar-refractivity contribution in [3.8, 4) is 0 Å². The van der Waals surface area contributed by atoms with E-state index in [1.807, 2.05) is 0 Å². The highest BCUT2D eigenvalue weighted by Gasteiger charge is 2.38. The Morgan fingerprint density at radius 1 is 1.32 bits per heavy atom. The number of carbonyl (C=O) groups excluding carboxylic acids is 1. The molecular formula is C10H6F3N3O3. The molecule has 2 heterocycles. The maximum atomic E-state index is 12.0. The van der Waals surface area contributed by atoms with E-state index in [1.165, 1.54) is 12.1 Å². The number of aromatic nitrogens is 2. The van der Waals surface area contributed by atoms with Crippen molar-refractivity contribution in [1.82, 2.24) is 9.97 Å². The van der Waals surface area contributed by atoms with E-state index in [0.29, 0.717) is 0 Å². The van der Waals surface area contributed by atoms with Gasteiger partial charge in [-0.2, -0.15) is 13.2 Å². The summed E-state index contributed by atoms with van der Waals surface area (Å²) in [5.74, 6) is -3.35. The fourth-order valence-electron chi connectivity index (χ4n) is 1.40. The number of H-pyrrole nitrogens is 1. The van der Waals surface area contributed by atoms with Crippen LogP contribution in [0.4, 0.5) is 18.9 Å². The number of aromatic amines is 1. The van der Waals surface area contributed by atoms with Crippen molar-refractivity contribution in [3.63, 3.8) is 0 Å². The molecule has 0 aliphatic heterocycles. The van der Waals surface area contributed by atoms with Gasteiger partial charge in [-0.1, -0.05) is 0 Å². The van der Waals surface area contributed by atoms with Crippen LogP contribution in [0.1, 0.15) is 10.5 Å². The Labute approximate surface area is 103 Å². The van der Waals surface area contributed by atoms with Gasteiger partial charge < -0.3 is 15.4 Å². The molecule has 1 amide bonds. The molecule has 0 radical (unpaired) electrons. The Morgan fingerprint density at radius 3 is 2.58 bits per heavy atom. The fraction of sp³-hybridized carbons (Fsp3) is 0.100. The van der Waals surface area contributed by atoms with Crippen LogP contribution in [0.2, 0.25) is 0 Å². The smallest absolute Gasteiger partial charge is 0.471 e. The Bertz CT molecular complexity index is 663. The second kappa shape index (κ2) is 4.26. The number of nitrogens with one attached hydrogen (secondary N) is 2. The molecule has 3 N–H and O–H groups in total. The van der Waals surface area contributed by atoms with Crippen molar-refractivity contribution in [2.45, 2.75) is 6.18 Å². The summed E-state index contributed by atoms with van der Waals surface area (Å²) in [5.41, 5.74) is -0.130. The SMILES string of the molecule is O=C(O)c1cc2cc(NC(=O)C(F)(F)F)cnc2[nH]1. The van der Waals surface area contributed by atoms with Crippen molar-refractivity contribution in [2.75, 3.05) is 5.32 Å². The molecule has 0 aliphatic carbocycles. The van der Waals surface area contributed by atoms with Crippen LogP contribution in [0.25, 0.3) is 11.0 Å². The Balaban J connectivity index is 2.31. The number of carbonyl (C=O) groups is 2. The normalized spacial score (nSPS) is 11.5. The van der Waals surface area contributed by atoms with Crippen LogP contribution < -0.4 is 5.32 Å². The summed E-state index contributed by atoms with van der Waals surface area (Å²) < 4.78 is 36.1. The number of rotatable bonds is 2.